The molecule has 0 aromatic heterocycles. The SMILES string of the molecule is COc1cc(/C=C2\N=C(c3ccc4ccccc4c3)OC2=O)ccc1OCC(N)=O. The first-order valence-corrected chi connectivity index (χ1v) is 9.14. The normalized spacial score (nSPS) is 14.5. The molecular weight excluding hydrogens is 384 g/mol. The molecule has 7 heteroatoms. The molecule has 0 saturated carbocycles. The number of benzene rings is 3. The van der Waals surface area contributed by atoms with Crippen LogP contribution in [0.4, 0.5) is 0 Å². The van der Waals surface area contributed by atoms with E-state index in [0.29, 0.717) is 17.1 Å². The molecule has 1 amide bonds. The predicted molar refractivity (Wildman–Crippen MR) is 112 cm³/mol. The monoisotopic (exact) mass is 402 g/mol. The van der Waals surface area contributed by atoms with Crippen molar-refractivity contribution in [1.29, 1.82) is 0 Å². The van der Waals surface area contributed by atoms with Crippen molar-refractivity contribution in [1.82, 2.24) is 0 Å². The first-order valence-electron chi connectivity index (χ1n) is 9.14. The van der Waals surface area contributed by atoms with Crippen LogP contribution in [0, 0.1) is 0 Å². The summed E-state index contributed by atoms with van der Waals surface area (Å²) in [6.07, 6.45) is 1.59. The Morgan fingerprint density at radius 1 is 1.07 bits per heavy atom. The number of hydrogen-bond donors (Lipinski definition) is 1. The van der Waals surface area contributed by atoms with E-state index in [9.17, 15) is 9.59 Å². The first kappa shape index (κ1) is 19.2. The number of carbonyl (C=O) groups is 2. The Morgan fingerprint density at radius 2 is 1.87 bits per heavy atom. The van der Waals surface area contributed by atoms with Gasteiger partial charge in [-0.15, -0.1) is 0 Å². The van der Waals surface area contributed by atoms with Crippen LogP contribution in [-0.4, -0.2) is 31.5 Å². The van der Waals surface area contributed by atoms with Crippen molar-refractivity contribution in [2.75, 3.05) is 13.7 Å². The fraction of sp³-hybridized carbons (Fsp3) is 0.0870. The lowest BCUT2D eigenvalue weighted by Crippen LogP contribution is -2.20. The van der Waals surface area contributed by atoms with Crippen molar-refractivity contribution >= 4 is 34.6 Å². The second-order valence-electron chi connectivity index (χ2n) is 6.56. The van der Waals surface area contributed by atoms with Gasteiger partial charge in [-0.05, 0) is 46.7 Å². The summed E-state index contributed by atoms with van der Waals surface area (Å²) in [7, 11) is 1.48. The molecule has 150 valence electrons. The molecular formula is C23H18N2O5. The summed E-state index contributed by atoms with van der Waals surface area (Å²) in [5.74, 6) is -0.104. The minimum Gasteiger partial charge on any atom is -0.493 e. The van der Waals surface area contributed by atoms with E-state index < -0.39 is 11.9 Å². The summed E-state index contributed by atoms with van der Waals surface area (Å²) >= 11 is 0. The zero-order chi connectivity index (χ0) is 21.1. The number of esters is 1. The standard InChI is InChI=1S/C23H18N2O5/c1-28-20-11-14(6-9-19(20)29-13-21(24)26)10-18-23(27)30-22(25-18)17-8-7-15-4-2-3-5-16(15)12-17/h2-12H,13H2,1H3,(H2,24,26)/b18-10-. The molecule has 7 nitrogen and oxygen atoms in total. The molecule has 0 radical (unpaired) electrons. The van der Waals surface area contributed by atoms with Crippen LogP contribution in [0.1, 0.15) is 11.1 Å². The van der Waals surface area contributed by atoms with Crippen LogP contribution >= 0.6 is 0 Å². The smallest absolute Gasteiger partial charge is 0.363 e. The molecule has 2 N–H and O–H groups in total. The molecule has 1 heterocycles. The first-order chi connectivity index (χ1) is 14.5. The van der Waals surface area contributed by atoms with E-state index in [0.717, 1.165) is 16.3 Å². The second kappa shape index (κ2) is 8.08. The molecule has 1 aliphatic rings. The fourth-order valence-corrected chi connectivity index (χ4v) is 3.05. The zero-order valence-corrected chi connectivity index (χ0v) is 16.1. The van der Waals surface area contributed by atoms with Crippen molar-refractivity contribution in [2.24, 2.45) is 10.7 Å². The van der Waals surface area contributed by atoms with Crippen LogP contribution in [0.25, 0.3) is 16.8 Å². The molecule has 0 saturated heterocycles. The number of nitrogens with two attached hydrogens (primary N) is 1. The van der Waals surface area contributed by atoms with E-state index in [-0.39, 0.29) is 18.2 Å². The van der Waals surface area contributed by atoms with Crippen LogP contribution in [0.3, 0.4) is 0 Å². The van der Waals surface area contributed by atoms with E-state index >= 15 is 0 Å². The number of ether oxygens (including phenoxy) is 3. The third kappa shape index (κ3) is 4.00. The molecule has 1 aliphatic heterocycles. The van der Waals surface area contributed by atoms with E-state index in [2.05, 4.69) is 4.99 Å². The molecule has 0 bridgehead atoms. The van der Waals surface area contributed by atoms with E-state index in [1.54, 1.807) is 24.3 Å². The highest BCUT2D eigenvalue weighted by molar-refractivity contribution is 6.13. The minimum absolute atomic E-state index is 0.172. The number of methoxy groups -OCH3 is 1. The summed E-state index contributed by atoms with van der Waals surface area (Å²) in [5.41, 5.74) is 6.65. The largest absolute Gasteiger partial charge is 0.493 e. The van der Waals surface area contributed by atoms with Crippen LogP contribution in [0.2, 0.25) is 0 Å². The van der Waals surface area contributed by atoms with Gasteiger partial charge in [0.05, 0.1) is 7.11 Å². The summed E-state index contributed by atoms with van der Waals surface area (Å²) in [4.78, 5) is 27.6. The van der Waals surface area contributed by atoms with Crippen molar-refractivity contribution < 1.29 is 23.8 Å². The molecule has 4 rings (SSSR count). The van der Waals surface area contributed by atoms with Crippen LogP contribution < -0.4 is 15.2 Å². The molecule has 3 aromatic carbocycles. The third-order valence-corrected chi connectivity index (χ3v) is 4.48. The Kier molecular flexibility index (Phi) is 5.17. The van der Waals surface area contributed by atoms with Gasteiger partial charge < -0.3 is 19.9 Å². The number of cyclic esters (lactones) is 1. The zero-order valence-electron chi connectivity index (χ0n) is 16.1. The highest BCUT2D eigenvalue weighted by Crippen LogP contribution is 2.30. The van der Waals surface area contributed by atoms with E-state index in [1.165, 1.54) is 7.11 Å². The number of rotatable bonds is 6. The molecule has 0 spiro atoms. The predicted octanol–water partition coefficient (Wildman–Crippen LogP) is 3.06. The van der Waals surface area contributed by atoms with Gasteiger partial charge >= 0.3 is 5.97 Å². The van der Waals surface area contributed by atoms with Crippen LogP contribution in [0.5, 0.6) is 11.5 Å². The Hall–Kier alpha value is -4.13. The molecule has 0 unspecified atom stereocenters. The van der Waals surface area contributed by atoms with Gasteiger partial charge in [-0.3, -0.25) is 4.79 Å². The summed E-state index contributed by atoms with van der Waals surface area (Å²) in [6.45, 7) is -0.261. The molecule has 30 heavy (non-hydrogen) atoms. The van der Waals surface area contributed by atoms with Gasteiger partial charge in [0.1, 0.15) is 0 Å². The number of carbonyl (C=O) groups excluding carboxylic acids is 2. The number of fused-ring (bicyclic) bond motifs is 1. The van der Waals surface area contributed by atoms with Crippen molar-refractivity contribution in [2.45, 2.75) is 0 Å². The summed E-state index contributed by atoms with van der Waals surface area (Å²) in [6, 6.07) is 18.7. The molecule has 0 atom stereocenters. The average Bonchev–Trinajstić information content (AvgIpc) is 3.12. The summed E-state index contributed by atoms with van der Waals surface area (Å²) < 4.78 is 16.0. The van der Waals surface area contributed by atoms with Crippen molar-refractivity contribution in [3.05, 3.63) is 77.5 Å². The maximum Gasteiger partial charge on any atom is 0.363 e. The molecule has 0 aliphatic carbocycles. The lowest BCUT2D eigenvalue weighted by molar-refractivity contribution is -0.130. The number of hydrogen-bond acceptors (Lipinski definition) is 6. The topological polar surface area (TPSA) is 100 Å². The van der Waals surface area contributed by atoms with Crippen molar-refractivity contribution in [3.63, 3.8) is 0 Å². The highest BCUT2D eigenvalue weighted by Gasteiger charge is 2.24. The van der Waals surface area contributed by atoms with Gasteiger partial charge in [-0.2, -0.15) is 0 Å². The lowest BCUT2D eigenvalue weighted by atomic mass is 10.1. The third-order valence-electron chi connectivity index (χ3n) is 4.48. The molecule has 3 aromatic rings. The van der Waals surface area contributed by atoms with Gasteiger partial charge in [0, 0.05) is 5.56 Å². The number of primary amides is 1. The Labute approximate surface area is 172 Å². The van der Waals surface area contributed by atoms with Gasteiger partial charge in [0.2, 0.25) is 5.90 Å². The summed E-state index contributed by atoms with van der Waals surface area (Å²) in [5, 5.41) is 2.12. The highest BCUT2D eigenvalue weighted by atomic mass is 16.6. The van der Waals surface area contributed by atoms with Crippen molar-refractivity contribution in [3.8, 4) is 11.5 Å². The Bertz CT molecular complexity index is 1210. The maximum absolute atomic E-state index is 12.3. The Morgan fingerprint density at radius 3 is 2.63 bits per heavy atom. The number of aliphatic imine (C=N–C) groups is 1. The van der Waals surface area contributed by atoms with Gasteiger partial charge in [-0.25, -0.2) is 9.79 Å². The second-order valence-corrected chi connectivity index (χ2v) is 6.56. The van der Waals surface area contributed by atoms with E-state index in [4.69, 9.17) is 19.9 Å². The quantitative estimate of drug-likeness (QED) is 0.505. The average molecular weight is 402 g/mol. The fourth-order valence-electron chi connectivity index (χ4n) is 3.05. The molecule has 0 fully saturated rings. The lowest BCUT2D eigenvalue weighted by Gasteiger charge is -2.09. The van der Waals surface area contributed by atoms with Gasteiger partial charge in [0.25, 0.3) is 5.91 Å². The maximum atomic E-state index is 12.3. The van der Waals surface area contributed by atoms with Gasteiger partial charge in [0.15, 0.2) is 23.8 Å². The van der Waals surface area contributed by atoms with E-state index in [1.807, 2.05) is 42.5 Å². The minimum atomic E-state index is -0.590. The van der Waals surface area contributed by atoms with Crippen LogP contribution in [0.15, 0.2) is 71.4 Å². The van der Waals surface area contributed by atoms with Gasteiger partial charge in [-0.1, -0.05) is 36.4 Å². The van der Waals surface area contributed by atoms with Crippen LogP contribution in [-0.2, 0) is 14.3 Å². The number of nitrogens with zero attached hydrogens (tertiary/aromatic N) is 1. The number of amides is 1. The Balaban J connectivity index is 1.62.